The van der Waals surface area contributed by atoms with E-state index >= 15 is 0 Å². The van der Waals surface area contributed by atoms with Crippen LogP contribution in [0.1, 0.15) is 69.7 Å². The van der Waals surface area contributed by atoms with Crippen molar-refractivity contribution in [3.63, 3.8) is 0 Å². The number of nitrogens with zero attached hydrogens (tertiary/aromatic N) is 2. The molecule has 0 aliphatic carbocycles. The Morgan fingerprint density at radius 2 is 2.17 bits per heavy atom. The number of fused-ring (bicyclic) bond motifs is 1. The number of rotatable bonds is 6. The largest absolute Gasteiger partial charge is 0.329 e. The molecule has 1 N–H and O–H groups in total. The summed E-state index contributed by atoms with van der Waals surface area (Å²) in [6, 6.07) is 0.612. The van der Waals surface area contributed by atoms with Crippen LogP contribution in [0.15, 0.2) is 0 Å². The Bertz CT molecular complexity index is 381. The highest BCUT2D eigenvalue weighted by Gasteiger charge is 2.21. The average molecular weight is 249 g/mol. The number of imidazole rings is 1. The molecule has 0 aromatic carbocycles. The van der Waals surface area contributed by atoms with Gasteiger partial charge < -0.3 is 9.88 Å². The van der Waals surface area contributed by atoms with Crippen LogP contribution >= 0.6 is 0 Å². The molecule has 0 saturated heterocycles. The van der Waals surface area contributed by atoms with Crippen LogP contribution in [0.2, 0.25) is 0 Å². The lowest BCUT2D eigenvalue weighted by Gasteiger charge is -2.21. The monoisotopic (exact) mass is 249 g/mol. The second-order valence-corrected chi connectivity index (χ2v) is 5.42. The number of hydrogen-bond acceptors (Lipinski definition) is 2. The van der Waals surface area contributed by atoms with E-state index in [9.17, 15) is 0 Å². The Balaban J connectivity index is 2.16. The molecule has 1 aliphatic heterocycles. The highest BCUT2D eigenvalue weighted by Crippen LogP contribution is 2.24. The van der Waals surface area contributed by atoms with E-state index in [2.05, 4.69) is 30.7 Å². The van der Waals surface area contributed by atoms with Gasteiger partial charge in [-0.2, -0.15) is 0 Å². The molecule has 102 valence electrons. The maximum Gasteiger partial charge on any atom is 0.109 e. The zero-order valence-electron chi connectivity index (χ0n) is 12.1. The molecule has 1 aromatic heterocycles. The lowest BCUT2D eigenvalue weighted by Crippen LogP contribution is -2.25. The molecule has 3 nitrogen and oxygen atoms in total. The van der Waals surface area contributed by atoms with Gasteiger partial charge in [0.2, 0.25) is 0 Å². The van der Waals surface area contributed by atoms with E-state index in [1.54, 1.807) is 0 Å². The summed E-state index contributed by atoms with van der Waals surface area (Å²) < 4.78 is 2.53. The first-order valence-corrected chi connectivity index (χ1v) is 7.57. The van der Waals surface area contributed by atoms with Crippen molar-refractivity contribution < 1.29 is 0 Å². The van der Waals surface area contributed by atoms with Crippen molar-refractivity contribution >= 4 is 0 Å². The molecule has 2 rings (SSSR count). The average Bonchev–Trinajstić information content (AvgIpc) is 2.77. The van der Waals surface area contributed by atoms with E-state index in [0.717, 1.165) is 25.9 Å². The lowest BCUT2D eigenvalue weighted by atomic mass is 10.1. The van der Waals surface area contributed by atoms with E-state index in [1.165, 1.54) is 42.9 Å². The van der Waals surface area contributed by atoms with E-state index < -0.39 is 0 Å². The molecule has 0 saturated carbocycles. The van der Waals surface area contributed by atoms with Gasteiger partial charge in [0, 0.05) is 37.7 Å². The Labute approximate surface area is 111 Å². The summed E-state index contributed by atoms with van der Waals surface area (Å²) in [5, 5.41) is 3.42. The zero-order valence-corrected chi connectivity index (χ0v) is 12.1. The van der Waals surface area contributed by atoms with Crippen LogP contribution in [0.25, 0.3) is 0 Å². The molecule has 0 fully saturated rings. The molecule has 2 heterocycles. The van der Waals surface area contributed by atoms with Crippen LogP contribution in [0.3, 0.4) is 0 Å². The second kappa shape index (κ2) is 6.37. The fourth-order valence-corrected chi connectivity index (χ4v) is 2.98. The molecule has 3 heteroatoms. The number of nitrogens with one attached hydrogen (secondary N) is 1. The molecule has 0 radical (unpaired) electrons. The minimum Gasteiger partial charge on any atom is -0.329 e. The Kier molecular flexibility index (Phi) is 4.81. The quantitative estimate of drug-likeness (QED) is 0.784. The van der Waals surface area contributed by atoms with Gasteiger partial charge in [0.05, 0.1) is 5.69 Å². The van der Waals surface area contributed by atoms with Gasteiger partial charge in [-0.15, -0.1) is 0 Å². The summed E-state index contributed by atoms with van der Waals surface area (Å²) >= 11 is 0. The summed E-state index contributed by atoms with van der Waals surface area (Å²) in [5.41, 5.74) is 2.79. The summed E-state index contributed by atoms with van der Waals surface area (Å²) in [7, 11) is 0. The molecule has 0 bridgehead atoms. The number of unbranched alkanes of at least 4 members (excludes halogenated alkanes) is 2. The standard InChI is InChI=1S/C15H27N3/c1-4-6-7-8-12(3)18-14-9-10-16-11-13(14)17-15(18)5-2/h12,16H,4-11H2,1-3H3. The SMILES string of the molecule is CCCCCC(C)n1c(CC)nc2c1CCNC2. The van der Waals surface area contributed by atoms with Gasteiger partial charge >= 0.3 is 0 Å². The molecule has 1 aromatic rings. The molecule has 1 unspecified atom stereocenters. The first-order chi connectivity index (χ1) is 8.77. The van der Waals surface area contributed by atoms with Crippen LogP contribution in [0, 0.1) is 0 Å². The number of aryl methyl sites for hydroxylation is 1. The topological polar surface area (TPSA) is 29.9 Å². The summed E-state index contributed by atoms with van der Waals surface area (Å²) in [4.78, 5) is 4.82. The van der Waals surface area contributed by atoms with Crippen molar-refractivity contribution in [3.8, 4) is 0 Å². The Morgan fingerprint density at radius 1 is 1.33 bits per heavy atom. The highest BCUT2D eigenvalue weighted by atomic mass is 15.1. The highest BCUT2D eigenvalue weighted by molar-refractivity contribution is 5.21. The third-order valence-electron chi connectivity index (χ3n) is 3.98. The van der Waals surface area contributed by atoms with Gasteiger partial charge in [0.25, 0.3) is 0 Å². The Morgan fingerprint density at radius 3 is 2.89 bits per heavy atom. The maximum absolute atomic E-state index is 4.82. The third kappa shape index (κ3) is 2.77. The minimum absolute atomic E-state index is 0.612. The molecule has 0 amide bonds. The van der Waals surface area contributed by atoms with Crippen LogP contribution in [-0.4, -0.2) is 16.1 Å². The smallest absolute Gasteiger partial charge is 0.109 e. The predicted molar refractivity (Wildman–Crippen MR) is 75.9 cm³/mol. The van der Waals surface area contributed by atoms with Crippen LogP contribution in [0.5, 0.6) is 0 Å². The van der Waals surface area contributed by atoms with Gasteiger partial charge in [-0.25, -0.2) is 4.98 Å². The van der Waals surface area contributed by atoms with Crippen LogP contribution in [0.4, 0.5) is 0 Å². The molecule has 18 heavy (non-hydrogen) atoms. The summed E-state index contributed by atoms with van der Waals surface area (Å²) in [6.07, 6.45) is 7.47. The third-order valence-corrected chi connectivity index (χ3v) is 3.98. The fraction of sp³-hybridized carbons (Fsp3) is 0.800. The number of aromatic nitrogens is 2. The molecule has 1 aliphatic rings. The van der Waals surface area contributed by atoms with Crippen molar-refractivity contribution in [2.75, 3.05) is 6.54 Å². The first kappa shape index (κ1) is 13.6. The maximum atomic E-state index is 4.82. The predicted octanol–water partition coefficient (Wildman–Crippen LogP) is 3.23. The van der Waals surface area contributed by atoms with Crippen molar-refractivity contribution in [1.29, 1.82) is 0 Å². The first-order valence-electron chi connectivity index (χ1n) is 7.57. The van der Waals surface area contributed by atoms with Crippen molar-refractivity contribution in [3.05, 3.63) is 17.2 Å². The summed E-state index contributed by atoms with van der Waals surface area (Å²) in [6.45, 7) is 8.91. The number of hydrogen-bond donors (Lipinski definition) is 1. The van der Waals surface area contributed by atoms with Gasteiger partial charge in [0.1, 0.15) is 5.82 Å². The fourth-order valence-electron chi connectivity index (χ4n) is 2.98. The minimum atomic E-state index is 0.612. The van der Waals surface area contributed by atoms with Gasteiger partial charge in [-0.1, -0.05) is 33.1 Å². The van der Waals surface area contributed by atoms with E-state index in [0.29, 0.717) is 6.04 Å². The van der Waals surface area contributed by atoms with Crippen LogP contribution in [-0.2, 0) is 19.4 Å². The molecular formula is C15H27N3. The van der Waals surface area contributed by atoms with Crippen molar-refractivity contribution in [1.82, 2.24) is 14.9 Å². The van der Waals surface area contributed by atoms with E-state index in [4.69, 9.17) is 4.98 Å². The lowest BCUT2D eigenvalue weighted by molar-refractivity contribution is 0.445. The Hall–Kier alpha value is -0.830. The summed E-state index contributed by atoms with van der Waals surface area (Å²) in [5.74, 6) is 1.28. The normalized spacial score (nSPS) is 16.6. The van der Waals surface area contributed by atoms with Gasteiger partial charge in [-0.05, 0) is 13.3 Å². The second-order valence-electron chi connectivity index (χ2n) is 5.42. The van der Waals surface area contributed by atoms with Crippen molar-refractivity contribution in [2.24, 2.45) is 0 Å². The molecular weight excluding hydrogens is 222 g/mol. The van der Waals surface area contributed by atoms with E-state index in [-0.39, 0.29) is 0 Å². The molecule has 0 spiro atoms. The van der Waals surface area contributed by atoms with Gasteiger partial charge in [0.15, 0.2) is 0 Å². The zero-order chi connectivity index (χ0) is 13.0. The molecule has 1 atom stereocenters. The van der Waals surface area contributed by atoms with Crippen molar-refractivity contribution in [2.45, 2.75) is 71.9 Å². The van der Waals surface area contributed by atoms with Crippen LogP contribution < -0.4 is 5.32 Å². The van der Waals surface area contributed by atoms with Gasteiger partial charge in [-0.3, -0.25) is 0 Å². The van der Waals surface area contributed by atoms with E-state index in [1.807, 2.05) is 0 Å².